The minimum absolute atomic E-state index is 0.0170. The average molecular weight is 398 g/mol. The molecule has 0 unspecified atom stereocenters. The molecule has 0 heterocycles. The van der Waals surface area contributed by atoms with Crippen LogP contribution in [0.2, 0.25) is 0 Å². The number of hydrazone groups is 1. The third kappa shape index (κ3) is 6.07. The van der Waals surface area contributed by atoms with E-state index in [1.807, 2.05) is 12.1 Å². The third-order valence-electron chi connectivity index (χ3n) is 4.27. The van der Waals surface area contributed by atoms with E-state index in [1.165, 1.54) is 7.11 Å². The van der Waals surface area contributed by atoms with Gasteiger partial charge in [-0.1, -0.05) is 32.9 Å². The minimum atomic E-state index is -1.08. The fourth-order valence-electron chi connectivity index (χ4n) is 2.54. The molecule has 29 heavy (non-hydrogen) atoms. The number of carboxylic acids is 1. The number of carbonyl (C=O) groups excluding carboxylic acids is 1. The molecule has 7 heteroatoms. The van der Waals surface area contributed by atoms with Crippen LogP contribution in [0.25, 0.3) is 0 Å². The number of hydrogen-bond donors (Lipinski definition) is 2. The maximum atomic E-state index is 12.3. The first-order chi connectivity index (χ1) is 13.6. The predicted octanol–water partition coefficient (Wildman–Crippen LogP) is 3.61. The van der Waals surface area contributed by atoms with Crippen molar-refractivity contribution in [1.29, 1.82) is 0 Å². The minimum Gasteiger partial charge on any atom is -0.493 e. The van der Waals surface area contributed by atoms with Gasteiger partial charge in [0.25, 0.3) is 5.91 Å². The Bertz CT molecular complexity index is 912. The number of hydrogen-bond acceptors (Lipinski definition) is 5. The Balaban J connectivity index is 2.10. The molecule has 7 nitrogen and oxygen atoms in total. The fourth-order valence-corrected chi connectivity index (χ4v) is 2.54. The Hall–Kier alpha value is -3.35. The van der Waals surface area contributed by atoms with Crippen LogP contribution in [0.3, 0.4) is 0 Å². The number of methoxy groups -OCH3 is 1. The summed E-state index contributed by atoms with van der Waals surface area (Å²) >= 11 is 0. The molecular formula is C22H26N2O5. The van der Waals surface area contributed by atoms with Gasteiger partial charge in [-0.2, -0.15) is 5.10 Å². The quantitative estimate of drug-likeness (QED) is 0.548. The molecule has 0 radical (unpaired) electrons. The van der Waals surface area contributed by atoms with E-state index in [0.717, 1.165) is 5.56 Å². The smallest absolute Gasteiger partial charge is 0.341 e. The molecule has 0 aliphatic rings. The van der Waals surface area contributed by atoms with Gasteiger partial charge in [0, 0.05) is 11.1 Å². The highest BCUT2D eigenvalue weighted by Gasteiger charge is 2.14. The number of carbonyl (C=O) groups is 2. The molecule has 0 aromatic heterocycles. The van der Waals surface area contributed by atoms with Crippen molar-refractivity contribution in [3.63, 3.8) is 0 Å². The topological polar surface area (TPSA) is 97.2 Å². The summed E-state index contributed by atoms with van der Waals surface area (Å²) in [6, 6.07) is 12.4. The van der Waals surface area contributed by atoms with Gasteiger partial charge < -0.3 is 14.6 Å². The maximum Gasteiger partial charge on any atom is 0.341 e. The molecule has 2 rings (SSSR count). The SMILES string of the molecule is COc1cc(/C(C)=N\NC(=O)c2ccc(C(C)(C)C)cc2)ccc1OCC(=O)O. The number of carboxylic acid groups (broad SMARTS) is 1. The van der Waals surface area contributed by atoms with E-state index < -0.39 is 12.6 Å². The molecule has 2 N–H and O–H groups in total. The standard InChI is InChI=1S/C22H26N2O5/c1-14(16-8-11-18(19(12-16)28-5)29-13-20(25)26)23-24-21(27)15-6-9-17(10-7-15)22(2,3)4/h6-12H,13H2,1-5H3,(H,24,27)(H,25,26)/b23-14-. The van der Waals surface area contributed by atoms with E-state index in [0.29, 0.717) is 28.3 Å². The van der Waals surface area contributed by atoms with Gasteiger partial charge in [-0.3, -0.25) is 4.79 Å². The van der Waals surface area contributed by atoms with Crippen LogP contribution in [0.4, 0.5) is 0 Å². The number of aliphatic carboxylic acids is 1. The Labute approximate surface area is 170 Å². The zero-order valence-electron chi connectivity index (χ0n) is 17.3. The molecule has 0 fully saturated rings. The van der Waals surface area contributed by atoms with Gasteiger partial charge >= 0.3 is 5.97 Å². The molecule has 1 amide bonds. The second-order valence-electron chi connectivity index (χ2n) is 7.51. The summed E-state index contributed by atoms with van der Waals surface area (Å²) in [5.41, 5.74) is 5.49. The van der Waals surface area contributed by atoms with E-state index in [-0.39, 0.29) is 11.3 Å². The molecule has 0 bridgehead atoms. The molecule has 2 aromatic carbocycles. The van der Waals surface area contributed by atoms with Crippen LogP contribution in [0.1, 0.15) is 49.2 Å². The number of ether oxygens (including phenoxy) is 2. The molecule has 0 saturated heterocycles. The molecular weight excluding hydrogens is 372 g/mol. The van der Waals surface area contributed by atoms with Gasteiger partial charge in [-0.15, -0.1) is 0 Å². The summed E-state index contributed by atoms with van der Waals surface area (Å²) in [6.07, 6.45) is 0. The van der Waals surface area contributed by atoms with E-state index in [1.54, 1.807) is 37.3 Å². The Morgan fingerprint density at radius 1 is 1.03 bits per heavy atom. The molecule has 0 aliphatic carbocycles. The largest absolute Gasteiger partial charge is 0.493 e. The second-order valence-corrected chi connectivity index (χ2v) is 7.51. The van der Waals surface area contributed by atoms with Gasteiger partial charge in [-0.05, 0) is 48.2 Å². The maximum absolute atomic E-state index is 12.3. The first kappa shape index (κ1) is 21.9. The van der Waals surface area contributed by atoms with Crippen LogP contribution in [0.15, 0.2) is 47.6 Å². The Kier molecular flexibility index (Phi) is 6.98. The molecule has 0 saturated carbocycles. The lowest BCUT2D eigenvalue weighted by Gasteiger charge is -2.18. The van der Waals surface area contributed by atoms with Crippen molar-refractivity contribution in [3.05, 3.63) is 59.2 Å². The number of nitrogens with zero attached hydrogens (tertiary/aromatic N) is 1. The first-order valence-corrected chi connectivity index (χ1v) is 9.10. The highest BCUT2D eigenvalue weighted by atomic mass is 16.5. The number of rotatable bonds is 7. The van der Waals surface area contributed by atoms with Crippen LogP contribution in [-0.2, 0) is 10.2 Å². The summed E-state index contributed by atoms with van der Waals surface area (Å²) in [4.78, 5) is 23.0. The van der Waals surface area contributed by atoms with Crippen LogP contribution >= 0.6 is 0 Å². The van der Waals surface area contributed by atoms with Crippen LogP contribution in [0.5, 0.6) is 11.5 Å². The van der Waals surface area contributed by atoms with Gasteiger partial charge in [0.2, 0.25) is 0 Å². The molecule has 0 aliphatic heterocycles. The van der Waals surface area contributed by atoms with E-state index >= 15 is 0 Å². The lowest BCUT2D eigenvalue weighted by molar-refractivity contribution is -0.139. The highest BCUT2D eigenvalue weighted by molar-refractivity contribution is 6.01. The van der Waals surface area contributed by atoms with E-state index in [9.17, 15) is 9.59 Å². The van der Waals surface area contributed by atoms with Gasteiger partial charge in [0.15, 0.2) is 18.1 Å². The van der Waals surface area contributed by atoms with Crippen molar-refractivity contribution < 1.29 is 24.2 Å². The van der Waals surface area contributed by atoms with Crippen LogP contribution < -0.4 is 14.9 Å². The van der Waals surface area contributed by atoms with Gasteiger partial charge in [-0.25, -0.2) is 10.2 Å². The van der Waals surface area contributed by atoms with Crippen molar-refractivity contribution in [1.82, 2.24) is 5.43 Å². The van der Waals surface area contributed by atoms with Crippen LogP contribution in [-0.4, -0.2) is 36.4 Å². The number of benzene rings is 2. The van der Waals surface area contributed by atoms with Gasteiger partial charge in [0.1, 0.15) is 0 Å². The average Bonchev–Trinajstić information content (AvgIpc) is 2.69. The number of amides is 1. The summed E-state index contributed by atoms with van der Waals surface area (Å²) in [6.45, 7) is 7.62. The van der Waals surface area contributed by atoms with E-state index in [2.05, 4.69) is 31.3 Å². The summed E-state index contributed by atoms with van der Waals surface area (Å²) in [5, 5.41) is 12.9. The van der Waals surface area contributed by atoms with Crippen molar-refractivity contribution in [2.45, 2.75) is 33.1 Å². The van der Waals surface area contributed by atoms with Gasteiger partial charge in [0.05, 0.1) is 12.8 Å². The fraction of sp³-hybridized carbons (Fsp3) is 0.318. The zero-order valence-corrected chi connectivity index (χ0v) is 17.3. The predicted molar refractivity (Wildman–Crippen MR) is 111 cm³/mol. The van der Waals surface area contributed by atoms with E-state index in [4.69, 9.17) is 14.6 Å². The van der Waals surface area contributed by atoms with Crippen molar-refractivity contribution in [2.75, 3.05) is 13.7 Å². The molecule has 2 aromatic rings. The van der Waals surface area contributed by atoms with Crippen LogP contribution in [0, 0.1) is 0 Å². The Morgan fingerprint density at radius 3 is 2.21 bits per heavy atom. The molecule has 0 atom stereocenters. The molecule has 154 valence electrons. The summed E-state index contributed by atoms with van der Waals surface area (Å²) in [7, 11) is 1.46. The normalized spacial score (nSPS) is 11.7. The monoisotopic (exact) mass is 398 g/mol. The lowest BCUT2D eigenvalue weighted by atomic mass is 9.87. The molecule has 0 spiro atoms. The van der Waals surface area contributed by atoms with Crippen molar-refractivity contribution >= 4 is 17.6 Å². The third-order valence-corrected chi connectivity index (χ3v) is 4.27. The summed E-state index contributed by atoms with van der Waals surface area (Å²) in [5.74, 6) is -0.692. The van der Waals surface area contributed by atoms with Crippen molar-refractivity contribution in [3.8, 4) is 11.5 Å². The highest BCUT2D eigenvalue weighted by Crippen LogP contribution is 2.28. The second kappa shape index (κ2) is 9.23. The number of nitrogens with one attached hydrogen (secondary N) is 1. The lowest BCUT2D eigenvalue weighted by Crippen LogP contribution is -2.20. The summed E-state index contributed by atoms with van der Waals surface area (Å²) < 4.78 is 10.4. The Morgan fingerprint density at radius 2 is 1.66 bits per heavy atom. The first-order valence-electron chi connectivity index (χ1n) is 9.10. The van der Waals surface area contributed by atoms with Crippen molar-refractivity contribution in [2.24, 2.45) is 5.10 Å². The zero-order chi connectivity index (χ0) is 21.6.